The van der Waals surface area contributed by atoms with Gasteiger partial charge in [0.2, 0.25) is 0 Å². The molecule has 94 valence electrons. The normalized spacial score (nSPS) is 10.2. The first kappa shape index (κ1) is 13.3. The molecule has 5 nitrogen and oxygen atoms in total. The summed E-state index contributed by atoms with van der Waals surface area (Å²) in [4.78, 5) is 11.6. The summed E-state index contributed by atoms with van der Waals surface area (Å²) in [7, 11) is 0. The van der Waals surface area contributed by atoms with Crippen LogP contribution in [0.3, 0.4) is 0 Å². The summed E-state index contributed by atoms with van der Waals surface area (Å²) >= 11 is 0. The summed E-state index contributed by atoms with van der Waals surface area (Å²) in [5.41, 5.74) is 0.165. The summed E-state index contributed by atoms with van der Waals surface area (Å²) in [6.45, 7) is 4.18. The number of hydrogen-bond donors (Lipinski definition) is 4. The maximum atomic E-state index is 11.6. The first-order valence-corrected chi connectivity index (χ1v) is 5.66. The van der Waals surface area contributed by atoms with Crippen LogP contribution in [0.4, 0.5) is 0 Å². The molecule has 0 atom stereocenters. The van der Waals surface area contributed by atoms with Crippen molar-refractivity contribution in [3.63, 3.8) is 0 Å². The van der Waals surface area contributed by atoms with E-state index in [1.165, 1.54) is 12.1 Å². The number of carbonyl (C=O) groups is 1. The van der Waals surface area contributed by atoms with Gasteiger partial charge in [-0.1, -0.05) is 6.92 Å². The van der Waals surface area contributed by atoms with Gasteiger partial charge in [-0.3, -0.25) is 4.79 Å². The standard InChI is InChI=1S/C12H18N2O3/c1-2-5-13-6-7-14-12(17)10-4-3-9(15)8-11(10)16/h3-4,8,13,15-16H,2,5-7H2,1H3,(H,14,17). The third kappa shape index (κ3) is 4.32. The van der Waals surface area contributed by atoms with Crippen LogP contribution in [0.2, 0.25) is 0 Å². The molecule has 0 aromatic heterocycles. The fraction of sp³-hybridized carbons (Fsp3) is 0.417. The molecule has 0 aliphatic carbocycles. The van der Waals surface area contributed by atoms with E-state index in [9.17, 15) is 9.90 Å². The average molecular weight is 238 g/mol. The molecule has 0 aliphatic heterocycles. The summed E-state index contributed by atoms with van der Waals surface area (Å²) in [6, 6.07) is 3.90. The van der Waals surface area contributed by atoms with Gasteiger partial charge in [0.05, 0.1) is 5.56 Å². The molecular formula is C12H18N2O3. The van der Waals surface area contributed by atoms with Gasteiger partial charge in [-0.05, 0) is 25.1 Å². The number of carbonyl (C=O) groups excluding carboxylic acids is 1. The van der Waals surface area contributed by atoms with E-state index in [1.54, 1.807) is 0 Å². The SMILES string of the molecule is CCCNCCNC(=O)c1ccc(O)cc1O. The Bertz CT molecular complexity index is 380. The van der Waals surface area contributed by atoms with E-state index in [2.05, 4.69) is 17.6 Å². The van der Waals surface area contributed by atoms with Crippen LogP contribution < -0.4 is 10.6 Å². The van der Waals surface area contributed by atoms with Crippen molar-refractivity contribution in [3.05, 3.63) is 23.8 Å². The van der Waals surface area contributed by atoms with Crippen LogP contribution in [0.15, 0.2) is 18.2 Å². The Morgan fingerprint density at radius 1 is 1.24 bits per heavy atom. The first-order chi connectivity index (χ1) is 8.15. The van der Waals surface area contributed by atoms with Gasteiger partial charge in [0, 0.05) is 19.2 Å². The van der Waals surface area contributed by atoms with Crippen LogP contribution in [-0.2, 0) is 0 Å². The molecule has 0 saturated heterocycles. The van der Waals surface area contributed by atoms with Crippen LogP contribution in [0.1, 0.15) is 23.7 Å². The molecule has 0 spiro atoms. The van der Waals surface area contributed by atoms with Crippen LogP contribution in [0, 0.1) is 0 Å². The quantitative estimate of drug-likeness (QED) is 0.553. The monoisotopic (exact) mass is 238 g/mol. The highest BCUT2D eigenvalue weighted by Gasteiger charge is 2.10. The number of phenolic OH excluding ortho intramolecular Hbond substituents is 2. The molecule has 5 heteroatoms. The predicted molar refractivity (Wildman–Crippen MR) is 65.3 cm³/mol. The van der Waals surface area contributed by atoms with E-state index in [-0.39, 0.29) is 23.0 Å². The van der Waals surface area contributed by atoms with Gasteiger partial charge in [0.25, 0.3) is 5.91 Å². The van der Waals surface area contributed by atoms with Crippen molar-refractivity contribution in [2.24, 2.45) is 0 Å². The van der Waals surface area contributed by atoms with Gasteiger partial charge in [-0.15, -0.1) is 0 Å². The second-order valence-electron chi connectivity index (χ2n) is 3.71. The average Bonchev–Trinajstić information content (AvgIpc) is 2.28. The Balaban J connectivity index is 2.42. The number of benzene rings is 1. The van der Waals surface area contributed by atoms with E-state index < -0.39 is 0 Å². The predicted octanol–water partition coefficient (Wildman–Crippen LogP) is 0.827. The van der Waals surface area contributed by atoms with Crippen LogP contribution in [0.25, 0.3) is 0 Å². The number of phenols is 2. The maximum Gasteiger partial charge on any atom is 0.255 e. The number of amides is 1. The van der Waals surface area contributed by atoms with Gasteiger partial charge in [0.1, 0.15) is 11.5 Å². The Labute approximate surface area is 100 Å². The summed E-state index contributed by atoms with van der Waals surface area (Å²) < 4.78 is 0. The zero-order valence-electron chi connectivity index (χ0n) is 9.86. The Morgan fingerprint density at radius 2 is 2.00 bits per heavy atom. The molecule has 0 aliphatic rings. The Morgan fingerprint density at radius 3 is 2.65 bits per heavy atom. The lowest BCUT2D eigenvalue weighted by Crippen LogP contribution is -2.32. The highest BCUT2D eigenvalue weighted by atomic mass is 16.3. The van der Waals surface area contributed by atoms with Gasteiger partial charge >= 0.3 is 0 Å². The molecule has 1 amide bonds. The van der Waals surface area contributed by atoms with E-state index in [0.717, 1.165) is 19.0 Å². The van der Waals surface area contributed by atoms with Gasteiger partial charge in [-0.25, -0.2) is 0 Å². The molecule has 0 bridgehead atoms. The summed E-state index contributed by atoms with van der Waals surface area (Å²) in [6.07, 6.45) is 1.05. The lowest BCUT2D eigenvalue weighted by Gasteiger charge is -2.07. The molecular weight excluding hydrogens is 220 g/mol. The van der Waals surface area contributed by atoms with E-state index >= 15 is 0 Å². The van der Waals surface area contributed by atoms with Gasteiger partial charge in [-0.2, -0.15) is 0 Å². The lowest BCUT2D eigenvalue weighted by atomic mass is 10.2. The van der Waals surface area contributed by atoms with Gasteiger partial charge in [0.15, 0.2) is 0 Å². The van der Waals surface area contributed by atoms with Crippen molar-refractivity contribution in [1.29, 1.82) is 0 Å². The van der Waals surface area contributed by atoms with E-state index in [4.69, 9.17) is 5.11 Å². The molecule has 1 aromatic rings. The third-order valence-electron chi connectivity index (χ3n) is 2.24. The van der Waals surface area contributed by atoms with Gasteiger partial charge < -0.3 is 20.8 Å². The van der Waals surface area contributed by atoms with Crippen molar-refractivity contribution in [2.45, 2.75) is 13.3 Å². The minimum Gasteiger partial charge on any atom is -0.508 e. The number of aromatic hydroxyl groups is 2. The fourth-order valence-corrected chi connectivity index (χ4v) is 1.37. The van der Waals surface area contributed by atoms with Crippen molar-refractivity contribution in [2.75, 3.05) is 19.6 Å². The maximum absolute atomic E-state index is 11.6. The third-order valence-corrected chi connectivity index (χ3v) is 2.24. The van der Waals surface area contributed by atoms with Crippen molar-refractivity contribution in [1.82, 2.24) is 10.6 Å². The molecule has 1 aromatic carbocycles. The smallest absolute Gasteiger partial charge is 0.255 e. The summed E-state index contributed by atoms with van der Waals surface area (Å²) in [5.74, 6) is -0.631. The molecule has 0 unspecified atom stereocenters. The largest absolute Gasteiger partial charge is 0.508 e. The topological polar surface area (TPSA) is 81.6 Å². The Hall–Kier alpha value is -1.75. The fourth-order valence-electron chi connectivity index (χ4n) is 1.37. The Kier molecular flexibility index (Phi) is 5.29. The van der Waals surface area contributed by atoms with Crippen molar-refractivity contribution in [3.8, 4) is 11.5 Å². The number of hydrogen-bond acceptors (Lipinski definition) is 4. The molecule has 4 N–H and O–H groups in total. The molecule has 0 fully saturated rings. The zero-order valence-corrected chi connectivity index (χ0v) is 9.86. The minimum absolute atomic E-state index is 0.0661. The van der Waals surface area contributed by atoms with Crippen molar-refractivity contribution < 1.29 is 15.0 Å². The molecule has 1 rings (SSSR count). The number of rotatable bonds is 6. The highest BCUT2D eigenvalue weighted by molar-refractivity contribution is 5.96. The van der Waals surface area contributed by atoms with Crippen LogP contribution >= 0.6 is 0 Å². The molecule has 0 saturated carbocycles. The lowest BCUT2D eigenvalue weighted by molar-refractivity contribution is 0.0951. The number of nitrogens with one attached hydrogen (secondary N) is 2. The molecule has 0 radical (unpaired) electrons. The summed E-state index contributed by atoms with van der Waals surface area (Å²) in [5, 5.41) is 24.4. The van der Waals surface area contributed by atoms with Crippen molar-refractivity contribution >= 4 is 5.91 Å². The van der Waals surface area contributed by atoms with Crippen LogP contribution in [0.5, 0.6) is 11.5 Å². The van der Waals surface area contributed by atoms with E-state index in [1.807, 2.05) is 0 Å². The zero-order chi connectivity index (χ0) is 12.7. The second-order valence-corrected chi connectivity index (χ2v) is 3.71. The van der Waals surface area contributed by atoms with Crippen LogP contribution in [-0.4, -0.2) is 35.8 Å². The second kappa shape index (κ2) is 6.75. The first-order valence-electron chi connectivity index (χ1n) is 5.66. The molecule has 17 heavy (non-hydrogen) atoms. The minimum atomic E-state index is -0.346. The molecule has 0 heterocycles. The van der Waals surface area contributed by atoms with E-state index in [0.29, 0.717) is 13.1 Å². The highest BCUT2D eigenvalue weighted by Crippen LogP contribution is 2.22.